The van der Waals surface area contributed by atoms with E-state index in [4.69, 9.17) is 4.74 Å². The highest BCUT2D eigenvalue weighted by Gasteiger charge is 2.32. The molecule has 0 aliphatic carbocycles. The van der Waals surface area contributed by atoms with Crippen molar-refractivity contribution in [3.05, 3.63) is 16.1 Å². The number of hydrogen-bond acceptors (Lipinski definition) is 4. The first-order valence-corrected chi connectivity index (χ1v) is 7.84. The van der Waals surface area contributed by atoms with Crippen molar-refractivity contribution in [2.24, 2.45) is 5.92 Å². The number of ether oxygens (including phenoxy) is 1. The second-order valence-corrected chi connectivity index (χ2v) is 6.19. The summed E-state index contributed by atoms with van der Waals surface area (Å²) in [5.74, 6) is 0.653. The predicted molar refractivity (Wildman–Crippen MR) is 76.2 cm³/mol. The number of aryl methyl sites for hydroxylation is 1. The van der Waals surface area contributed by atoms with Crippen LogP contribution in [0.25, 0.3) is 0 Å². The molecule has 1 N–H and O–H groups in total. The molecule has 0 saturated carbocycles. The van der Waals surface area contributed by atoms with Crippen LogP contribution in [0.1, 0.15) is 37.4 Å². The van der Waals surface area contributed by atoms with Gasteiger partial charge in [0.05, 0.1) is 11.1 Å². The largest absolute Gasteiger partial charge is 0.376 e. The lowest BCUT2D eigenvalue weighted by molar-refractivity contribution is 0.0610. The molecule has 0 amide bonds. The van der Waals surface area contributed by atoms with E-state index in [0.29, 0.717) is 18.1 Å². The van der Waals surface area contributed by atoms with Gasteiger partial charge in [-0.2, -0.15) is 0 Å². The van der Waals surface area contributed by atoms with Gasteiger partial charge in [0.1, 0.15) is 0 Å². The molecule has 3 nitrogen and oxygen atoms in total. The predicted octanol–water partition coefficient (Wildman–Crippen LogP) is 2.79. The van der Waals surface area contributed by atoms with Gasteiger partial charge in [-0.05, 0) is 32.2 Å². The van der Waals surface area contributed by atoms with Crippen LogP contribution in [0.4, 0.5) is 0 Å². The molecule has 3 atom stereocenters. The lowest BCUT2D eigenvalue weighted by atomic mass is 9.95. The molecule has 18 heavy (non-hydrogen) atoms. The number of nitrogens with zero attached hydrogens (tertiary/aromatic N) is 1. The summed E-state index contributed by atoms with van der Waals surface area (Å²) < 4.78 is 5.92. The monoisotopic (exact) mass is 268 g/mol. The quantitative estimate of drug-likeness (QED) is 0.861. The molecule has 1 aromatic rings. The fourth-order valence-corrected chi connectivity index (χ4v) is 3.38. The zero-order valence-electron chi connectivity index (χ0n) is 11.6. The Bertz CT molecular complexity index is 366. The van der Waals surface area contributed by atoms with Crippen LogP contribution >= 0.6 is 11.3 Å². The molecule has 0 bridgehead atoms. The van der Waals surface area contributed by atoms with E-state index >= 15 is 0 Å². The van der Waals surface area contributed by atoms with E-state index in [1.807, 2.05) is 0 Å². The number of thiazole rings is 1. The molecule has 1 saturated heterocycles. The maximum atomic E-state index is 5.92. The summed E-state index contributed by atoms with van der Waals surface area (Å²) in [6.45, 7) is 8.53. The van der Waals surface area contributed by atoms with Crippen LogP contribution in [-0.4, -0.2) is 30.3 Å². The van der Waals surface area contributed by atoms with Crippen LogP contribution in [0.5, 0.6) is 0 Å². The van der Waals surface area contributed by atoms with Crippen LogP contribution in [0, 0.1) is 12.8 Å². The SMILES string of the molecule is CCCNC(Cc1nc(C)cs1)C1OCCC1C. The second kappa shape index (κ2) is 6.64. The van der Waals surface area contributed by atoms with E-state index in [9.17, 15) is 0 Å². The molecule has 2 heterocycles. The van der Waals surface area contributed by atoms with E-state index in [0.717, 1.165) is 31.7 Å². The van der Waals surface area contributed by atoms with Crippen LogP contribution in [0.15, 0.2) is 5.38 Å². The minimum absolute atomic E-state index is 0.348. The second-order valence-electron chi connectivity index (χ2n) is 5.25. The molecule has 1 aliphatic rings. The van der Waals surface area contributed by atoms with Crippen LogP contribution in [-0.2, 0) is 11.2 Å². The molecule has 3 unspecified atom stereocenters. The summed E-state index contributed by atoms with van der Waals surface area (Å²) in [5, 5.41) is 7.00. The third-order valence-corrected chi connectivity index (χ3v) is 4.55. The van der Waals surface area contributed by atoms with Crippen LogP contribution in [0.2, 0.25) is 0 Å². The molecule has 1 fully saturated rings. The Labute approximate surface area is 114 Å². The Morgan fingerprint density at radius 2 is 2.44 bits per heavy atom. The Morgan fingerprint density at radius 3 is 3.00 bits per heavy atom. The Hall–Kier alpha value is -0.450. The van der Waals surface area contributed by atoms with Gasteiger partial charge in [0.25, 0.3) is 0 Å². The normalized spacial score (nSPS) is 25.5. The molecule has 0 radical (unpaired) electrons. The lowest BCUT2D eigenvalue weighted by Crippen LogP contribution is -2.44. The van der Waals surface area contributed by atoms with Crippen molar-refractivity contribution in [2.75, 3.05) is 13.2 Å². The minimum atomic E-state index is 0.348. The Balaban J connectivity index is 2.00. The van der Waals surface area contributed by atoms with Gasteiger partial charge in [0, 0.05) is 30.1 Å². The first kappa shape index (κ1) is 14.0. The van der Waals surface area contributed by atoms with Gasteiger partial charge in [-0.1, -0.05) is 13.8 Å². The van der Waals surface area contributed by atoms with E-state index < -0.39 is 0 Å². The van der Waals surface area contributed by atoms with Crippen molar-refractivity contribution in [3.8, 4) is 0 Å². The van der Waals surface area contributed by atoms with Crippen LogP contribution < -0.4 is 5.32 Å². The highest BCUT2D eigenvalue weighted by atomic mass is 32.1. The zero-order chi connectivity index (χ0) is 13.0. The number of rotatable bonds is 6. The average Bonchev–Trinajstić information content (AvgIpc) is 2.93. The number of hydrogen-bond donors (Lipinski definition) is 1. The standard InChI is InChI=1S/C14H24N2OS/c1-4-6-15-12(14-10(2)5-7-17-14)8-13-16-11(3)9-18-13/h9-10,12,14-15H,4-8H2,1-3H3. The van der Waals surface area contributed by atoms with Gasteiger partial charge in [-0.3, -0.25) is 0 Å². The van der Waals surface area contributed by atoms with Crippen molar-refractivity contribution in [2.45, 2.75) is 52.2 Å². The fourth-order valence-electron chi connectivity index (χ4n) is 2.55. The van der Waals surface area contributed by atoms with Crippen molar-refractivity contribution >= 4 is 11.3 Å². The fraction of sp³-hybridized carbons (Fsp3) is 0.786. The van der Waals surface area contributed by atoms with Gasteiger partial charge < -0.3 is 10.1 Å². The molecule has 102 valence electrons. The van der Waals surface area contributed by atoms with Gasteiger partial charge in [-0.15, -0.1) is 11.3 Å². The van der Waals surface area contributed by atoms with Gasteiger partial charge in [0.15, 0.2) is 0 Å². The Morgan fingerprint density at radius 1 is 1.61 bits per heavy atom. The van der Waals surface area contributed by atoms with E-state index in [2.05, 4.69) is 36.5 Å². The zero-order valence-corrected chi connectivity index (χ0v) is 12.4. The van der Waals surface area contributed by atoms with Gasteiger partial charge in [-0.25, -0.2) is 4.98 Å². The van der Waals surface area contributed by atoms with E-state index in [-0.39, 0.29) is 0 Å². The Kier molecular flexibility index (Phi) is 5.15. The molecule has 4 heteroatoms. The maximum Gasteiger partial charge on any atom is 0.0944 e. The third-order valence-electron chi connectivity index (χ3n) is 3.56. The lowest BCUT2D eigenvalue weighted by Gasteiger charge is -2.26. The summed E-state index contributed by atoms with van der Waals surface area (Å²) in [4.78, 5) is 4.58. The molecule has 2 rings (SSSR count). The summed E-state index contributed by atoms with van der Waals surface area (Å²) in [6.07, 6.45) is 3.69. The number of nitrogens with one attached hydrogen (secondary N) is 1. The van der Waals surface area contributed by atoms with Crippen molar-refractivity contribution in [1.82, 2.24) is 10.3 Å². The van der Waals surface area contributed by atoms with Crippen molar-refractivity contribution in [1.29, 1.82) is 0 Å². The summed E-state index contributed by atoms with van der Waals surface area (Å²) in [7, 11) is 0. The summed E-state index contributed by atoms with van der Waals surface area (Å²) in [6, 6.07) is 0.410. The summed E-state index contributed by atoms with van der Waals surface area (Å²) in [5.41, 5.74) is 1.13. The van der Waals surface area contributed by atoms with E-state index in [1.165, 1.54) is 11.4 Å². The molecule has 0 aromatic carbocycles. The van der Waals surface area contributed by atoms with E-state index in [1.54, 1.807) is 11.3 Å². The topological polar surface area (TPSA) is 34.2 Å². The first-order chi connectivity index (χ1) is 8.70. The van der Waals surface area contributed by atoms with Crippen molar-refractivity contribution < 1.29 is 4.74 Å². The highest BCUT2D eigenvalue weighted by molar-refractivity contribution is 7.09. The molecule has 1 aliphatic heterocycles. The molecule has 1 aromatic heterocycles. The molecular formula is C14H24N2OS. The average molecular weight is 268 g/mol. The minimum Gasteiger partial charge on any atom is -0.376 e. The molecule has 0 spiro atoms. The maximum absolute atomic E-state index is 5.92. The van der Waals surface area contributed by atoms with Crippen molar-refractivity contribution in [3.63, 3.8) is 0 Å². The van der Waals surface area contributed by atoms with Gasteiger partial charge in [0.2, 0.25) is 0 Å². The number of aromatic nitrogens is 1. The first-order valence-electron chi connectivity index (χ1n) is 6.96. The van der Waals surface area contributed by atoms with Gasteiger partial charge >= 0.3 is 0 Å². The highest BCUT2D eigenvalue weighted by Crippen LogP contribution is 2.25. The molecular weight excluding hydrogens is 244 g/mol. The smallest absolute Gasteiger partial charge is 0.0944 e. The summed E-state index contributed by atoms with van der Waals surface area (Å²) >= 11 is 1.76. The van der Waals surface area contributed by atoms with Crippen LogP contribution in [0.3, 0.4) is 0 Å². The third kappa shape index (κ3) is 3.53.